The fourth-order valence-electron chi connectivity index (χ4n) is 2.41. The van der Waals surface area contributed by atoms with E-state index >= 15 is 0 Å². The fourth-order valence-corrected chi connectivity index (χ4v) is 2.83. The Kier molecular flexibility index (Phi) is 3.58. The number of ether oxygens (including phenoxy) is 1. The normalized spacial score (nSPS) is 10.9. The molecule has 0 bridgehead atoms. The first kappa shape index (κ1) is 14.5. The summed E-state index contributed by atoms with van der Waals surface area (Å²) in [7, 11) is 1.48. The van der Waals surface area contributed by atoms with Crippen LogP contribution in [0.4, 0.5) is 0 Å². The number of nitrogens with zero attached hydrogens (tertiary/aromatic N) is 2. The highest BCUT2D eigenvalue weighted by molar-refractivity contribution is 9.10. The number of methoxy groups -OCH3 is 1. The Morgan fingerprint density at radius 2 is 2.09 bits per heavy atom. The molecule has 0 spiro atoms. The molecule has 3 rings (SSSR count). The predicted molar refractivity (Wildman–Crippen MR) is 86.9 cm³/mol. The first-order valence-corrected chi connectivity index (χ1v) is 7.27. The quantitative estimate of drug-likeness (QED) is 0.758. The molecule has 0 aliphatic rings. The van der Waals surface area contributed by atoms with Crippen LogP contribution in [0.2, 0.25) is 0 Å². The number of hydrogen-bond acceptors (Lipinski definition) is 4. The predicted octanol–water partition coefficient (Wildman–Crippen LogP) is 2.15. The van der Waals surface area contributed by atoms with Crippen LogP contribution in [-0.4, -0.2) is 21.6 Å². The molecule has 0 unspecified atom stereocenters. The molecule has 1 aromatic carbocycles. The lowest BCUT2D eigenvalue weighted by molar-refractivity contribution is 0.419. The van der Waals surface area contributed by atoms with Crippen LogP contribution in [0.15, 0.2) is 44.5 Å². The van der Waals surface area contributed by atoms with Gasteiger partial charge in [-0.25, -0.2) is 4.79 Å². The van der Waals surface area contributed by atoms with Gasteiger partial charge in [0.25, 0.3) is 5.56 Å². The summed E-state index contributed by atoms with van der Waals surface area (Å²) in [4.78, 5) is 31.0. The van der Waals surface area contributed by atoms with E-state index in [-0.39, 0.29) is 0 Å². The number of hydrogen-bond donors (Lipinski definition) is 1. The number of fused-ring (bicyclic) bond motifs is 1. The molecular formula is C15H12BrN3O3. The van der Waals surface area contributed by atoms with Crippen molar-refractivity contribution < 1.29 is 4.74 Å². The monoisotopic (exact) mass is 361 g/mol. The number of aryl methyl sites for hydroxylation is 1. The van der Waals surface area contributed by atoms with Crippen molar-refractivity contribution in [2.45, 2.75) is 6.92 Å². The van der Waals surface area contributed by atoms with Crippen LogP contribution in [-0.2, 0) is 0 Å². The van der Waals surface area contributed by atoms with Crippen LogP contribution in [0.25, 0.3) is 16.6 Å². The third-order valence-electron chi connectivity index (χ3n) is 3.38. The highest BCUT2D eigenvalue weighted by Gasteiger charge is 2.15. The van der Waals surface area contributed by atoms with Gasteiger partial charge in [-0.15, -0.1) is 0 Å². The third kappa shape index (κ3) is 2.23. The lowest BCUT2D eigenvalue weighted by atomic mass is 10.2. The van der Waals surface area contributed by atoms with Gasteiger partial charge in [0, 0.05) is 10.7 Å². The average Bonchev–Trinajstić information content (AvgIpc) is 2.47. The maximum absolute atomic E-state index is 12.3. The fraction of sp³-hybridized carbons (Fsp3) is 0.133. The van der Waals surface area contributed by atoms with Gasteiger partial charge in [0.1, 0.15) is 11.1 Å². The van der Waals surface area contributed by atoms with Gasteiger partial charge in [-0.1, -0.05) is 15.9 Å². The van der Waals surface area contributed by atoms with Crippen molar-refractivity contribution in [1.29, 1.82) is 0 Å². The van der Waals surface area contributed by atoms with Gasteiger partial charge in [0.05, 0.1) is 24.0 Å². The average molecular weight is 362 g/mol. The molecule has 3 aromatic rings. The number of rotatable bonds is 2. The van der Waals surface area contributed by atoms with Crippen molar-refractivity contribution in [1.82, 2.24) is 14.5 Å². The molecule has 0 radical (unpaired) electrons. The Hall–Kier alpha value is -2.41. The minimum atomic E-state index is -0.520. The summed E-state index contributed by atoms with van der Waals surface area (Å²) in [6.07, 6.45) is 1.65. The minimum absolute atomic E-state index is 0.313. The Balaban J connectivity index is 2.56. The van der Waals surface area contributed by atoms with E-state index < -0.39 is 11.2 Å². The molecule has 0 atom stereocenters. The van der Waals surface area contributed by atoms with E-state index in [1.165, 1.54) is 11.7 Å². The molecule has 112 valence electrons. The molecule has 6 nitrogen and oxygen atoms in total. The van der Waals surface area contributed by atoms with Crippen molar-refractivity contribution in [2.24, 2.45) is 0 Å². The topological polar surface area (TPSA) is 77.0 Å². The van der Waals surface area contributed by atoms with Crippen molar-refractivity contribution in [3.63, 3.8) is 0 Å². The molecule has 22 heavy (non-hydrogen) atoms. The van der Waals surface area contributed by atoms with Crippen molar-refractivity contribution >= 4 is 26.8 Å². The molecule has 1 N–H and O–H groups in total. The summed E-state index contributed by atoms with van der Waals surface area (Å²) < 4.78 is 7.40. The minimum Gasteiger partial charge on any atom is -0.496 e. The molecule has 0 saturated carbocycles. The van der Waals surface area contributed by atoms with Gasteiger partial charge in [-0.2, -0.15) is 0 Å². The molecule has 0 fully saturated rings. The van der Waals surface area contributed by atoms with Gasteiger partial charge in [0.2, 0.25) is 0 Å². The van der Waals surface area contributed by atoms with Gasteiger partial charge in [-0.05, 0) is 31.2 Å². The molecule has 2 aromatic heterocycles. The van der Waals surface area contributed by atoms with Crippen molar-refractivity contribution in [3.8, 4) is 11.4 Å². The molecule has 0 aliphatic heterocycles. The van der Waals surface area contributed by atoms with E-state index in [1.54, 1.807) is 37.4 Å². The van der Waals surface area contributed by atoms with Crippen LogP contribution in [0.3, 0.4) is 0 Å². The maximum Gasteiger partial charge on any atom is 0.333 e. The van der Waals surface area contributed by atoms with Crippen LogP contribution in [0, 0.1) is 6.92 Å². The van der Waals surface area contributed by atoms with Gasteiger partial charge in [-0.3, -0.25) is 19.3 Å². The van der Waals surface area contributed by atoms with E-state index in [1.807, 2.05) is 0 Å². The maximum atomic E-state index is 12.3. The molecule has 0 amide bonds. The second-order valence-electron chi connectivity index (χ2n) is 4.70. The number of halogens is 1. The number of pyridine rings is 1. The first-order valence-electron chi connectivity index (χ1n) is 6.47. The Labute approximate surface area is 133 Å². The van der Waals surface area contributed by atoms with Crippen LogP contribution in [0.5, 0.6) is 5.75 Å². The molecule has 7 heteroatoms. The Bertz CT molecular complexity index is 991. The van der Waals surface area contributed by atoms with Gasteiger partial charge >= 0.3 is 5.69 Å². The zero-order chi connectivity index (χ0) is 15.9. The molecule has 0 saturated heterocycles. The summed E-state index contributed by atoms with van der Waals surface area (Å²) in [5, 5.41) is 0.313. The van der Waals surface area contributed by atoms with Crippen molar-refractivity contribution in [2.75, 3.05) is 7.11 Å². The van der Waals surface area contributed by atoms with Gasteiger partial charge < -0.3 is 4.74 Å². The van der Waals surface area contributed by atoms with Crippen molar-refractivity contribution in [3.05, 3.63) is 61.5 Å². The van der Waals surface area contributed by atoms with Crippen LogP contribution in [0.1, 0.15) is 5.69 Å². The smallest absolute Gasteiger partial charge is 0.333 e. The van der Waals surface area contributed by atoms with Crippen LogP contribution >= 0.6 is 15.9 Å². The zero-order valence-corrected chi connectivity index (χ0v) is 13.5. The second-order valence-corrected chi connectivity index (χ2v) is 5.62. The first-order chi connectivity index (χ1) is 10.5. The zero-order valence-electron chi connectivity index (χ0n) is 11.9. The van der Waals surface area contributed by atoms with Crippen LogP contribution < -0.4 is 16.0 Å². The largest absolute Gasteiger partial charge is 0.496 e. The van der Waals surface area contributed by atoms with E-state index in [0.717, 1.165) is 0 Å². The lowest BCUT2D eigenvalue weighted by Gasteiger charge is -2.13. The number of aromatic nitrogens is 3. The number of benzene rings is 1. The summed E-state index contributed by atoms with van der Waals surface area (Å²) in [6.45, 7) is 1.80. The summed E-state index contributed by atoms with van der Waals surface area (Å²) in [5.41, 5.74) is 0.734. The summed E-state index contributed by atoms with van der Waals surface area (Å²) in [5.74, 6) is 0.390. The Morgan fingerprint density at radius 1 is 1.32 bits per heavy atom. The molecule has 2 heterocycles. The standard InChI is InChI=1S/C15H12BrN3O3/c1-8-10(4-3-5-17-8)19-11-6-9(16)7-12(22-2)13(11)14(20)18-15(19)21/h3-7H,1-2H3,(H,18,20,21). The lowest BCUT2D eigenvalue weighted by Crippen LogP contribution is -2.30. The highest BCUT2D eigenvalue weighted by Crippen LogP contribution is 2.28. The molecule has 0 aliphatic carbocycles. The van der Waals surface area contributed by atoms with Gasteiger partial charge in [0.15, 0.2) is 0 Å². The molecular weight excluding hydrogens is 350 g/mol. The van der Waals surface area contributed by atoms with E-state index in [0.29, 0.717) is 32.5 Å². The summed E-state index contributed by atoms with van der Waals surface area (Å²) in [6, 6.07) is 6.90. The third-order valence-corrected chi connectivity index (χ3v) is 3.84. The van der Waals surface area contributed by atoms with E-state index in [2.05, 4.69) is 25.9 Å². The Morgan fingerprint density at radius 3 is 2.77 bits per heavy atom. The highest BCUT2D eigenvalue weighted by atomic mass is 79.9. The SMILES string of the molecule is COc1cc(Br)cc2c1c(=O)[nH]c(=O)n2-c1cccnc1C. The number of nitrogens with one attached hydrogen (secondary N) is 1. The summed E-state index contributed by atoms with van der Waals surface area (Å²) >= 11 is 3.38. The second kappa shape index (κ2) is 5.42. The number of H-pyrrole nitrogens is 1. The van der Waals surface area contributed by atoms with E-state index in [9.17, 15) is 9.59 Å². The number of aromatic amines is 1. The van der Waals surface area contributed by atoms with E-state index in [4.69, 9.17) is 4.74 Å².